The normalized spacial score (nSPS) is 10.1. The van der Waals surface area contributed by atoms with Crippen LogP contribution < -0.4 is 11.1 Å². The minimum Gasteiger partial charge on any atom is -0.397 e. The van der Waals surface area contributed by atoms with E-state index >= 15 is 0 Å². The van der Waals surface area contributed by atoms with Gasteiger partial charge in [-0.25, -0.2) is 0 Å². The standard InChI is InChI=1S/C13H13BrN2/c1-9-4-2-3-5-12(9)16-13-8-10(14)6-7-11(13)15/h2-8,16H,15H2,1H3. The van der Waals surface area contributed by atoms with Crippen molar-refractivity contribution in [1.29, 1.82) is 0 Å². The van der Waals surface area contributed by atoms with Gasteiger partial charge in [0.05, 0.1) is 11.4 Å². The van der Waals surface area contributed by atoms with Crippen molar-refractivity contribution in [3.63, 3.8) is 0 Å². The number of nitrogens with two attached hydrogens (primary N) is 1. The molecule has 0 atom stereocenters. The number of benzene rings is 2. The zero-order chi connectivity index (χ0) is 11.5. The molecule has 0 saturated heterocycles. The van der Waals surface area contributed by atoms with Gasteiger partial charge in [-0.15, -0.1) is 0 Å². The second-order valence-corrected chi connectivity index (χ2v) is 4.59. The van der Waals surface area contributed by atoms with Crippen LogP contribution >= 0.6 is 15.9 Å². The fraction of sp³-hybridized carbons (Fsp3) is 0.0769. The lowest BCUT2D eigenvalue weighted by molar-refractivity contribution is 1.43. The van der Waals surface area contributed by atoms with Gasteiger partial charge in [0.1, 0.15) is 0 Å². The minimum absolute atomic E-state index is 0.742. The molecule has 0 radical (unpaired) electrons. The molecule has 0 unspecified atom stereocenters. The van der Waals surface area contributed by atoms with E-state index in [2.05, 4.69) is 34.2 Å². The molecule has 0 aliphatic heterocycles. The summed E-state index contributed by atoms with van der Waals surface area (Å²) in [6, 6.07) is 13.9. The number of nitrogen functional groups attached to an aromatic ring is 1. The average molecular weight is 277 g/mol. The minimum atomic E-state index is 0.742. The molecule has 2 nitrogen and oxygen atoms in total. The predicted octanol–water partition coefficient (Wildman–Crippen LogP) is 4.08. The van der Waals surface area contributed by atoms with Gasteiger partial charge in [-0.05, 0) is 36.8 Å². The van der Waals surface area contributed by atoms with Crippen molar-refractivity contribution < 1.29 is 0 Å². The number of rotatable bonds is 2. The van der Waals surface area contributed by atoms with Gasteiger partial charge in [0.25, 0.3) is 0 Å². The van der Waals surface area contributed by atoms with Crippen molar-refractivity contribution >= 4 is 33.0 Å². The van der Waals surface area contributed by atoms with E-state index in [0.29, 0.717) is 0 Å². The Morgan fingerprint density at radius 1 is 1.06 bits per heavy atom. The van der Waals surface area contributed by atoms with Gasteiger partial charge in [-0.3, -0.25) is 0 Å². The van der Waals surface area contributed by atoms with E-state index in [4.69, 9.17) is 5.73 Å². The smallest absolute Gasteiger partial charge is 0.0629 e. The maximum atomic E-state index is 5.90. The zero-order valence-corrected chi connectivity index (χ0v) is 10.6. The highest BCUT2D eigenvalue weighted by Crippen LogP contribution is 2.27. The van der Waals surface area contributed by atoms with Crippen LogP contribution in [0, 0.1) is 6.92 Å². The first-order valence-electron chi connectivity index (χ1n) is 5.04. The van der Waals surface area contributed by atoms with Crippen molar-refractivity contribution in [2.75, 3.05) is 11.1 Å². The first-order valence-corrected chi connectivity index (χ1v) is 5.84. The SMILES string of the molecule is Cc1ccccc1Nc1cc(Br)ccc1N. The molecule has 0 bridgehead atoms. The number of hydrogen-bond acceptors (Lipinski definition) is 2. The van der Waals surface area contributed by atoms with Crippen molar-refractivity contribution in [3.8, 4) is 0 Å². The molecule has 0 fully saturated rings. The van der Waals surface area contributed by atoms with Crippen LogP contribution in [0.5, 0.6) is 0 Å². The van der Waals surface area contributed by atoms with E-state index in [9.17, 15) is 0 Å². The summed E-state index contributed by atoms with van der Waals surface area (Å²) in [5.74, 6) is 0. The topological polar surface area (TPSA) is 38.0 Å². The monoisotopic (exact) mass is 276 g/mol. The molecule has 0 spiro atoms. The largest absolute Gasteiger partial charge is 0.397 e. The first kappa shape index (κ1) is 11.0. The fourth-order valence-corrected chi connectivity index (χ4v) is 1.86. The summed E-state index contributed by atoms with van der Waals surface area (Å²) in [7, 11) is 0. The first-order chi connectivity index (χ1) is 7.66. The average Bonchev–Trinajstić information content (AvgIpc) is 2.27. The molecule has 2 aromatic rings. The third-order valence-electron chi connectivity index (χ3n) is 2.43. The molecule has 3 heteroatoms. The Labute approximate surface area is 104 Å². The quantitative estimate of drug-likeness (QED) is 0.811. The Morgan fingerprint density at radius 2 is 1.81 bits per heavy atom. The summed E-state index contributed by atoms with van der Waals surface area (Å²) < 4.78 is 1.01. The number of halogens is 1. The summed E-state index contributed by atoms with van der Waals surface area (Å²) >= 11 is 3.43. The predicted molar refractivity (Wildman–Crippen MR) is 73.0 cm³/mol. The Bertz CT molecular complexity index is 509. The Hall–Kier alpha value is -1.48. The fourth-order valence-electron chi connectivity index (χ4n) is 1.49. The van der Waals surface area contributed by atoms with Gasteiger partial charge >= 0.3 is 0 Å². The van der Waals surface area contributed by atoms with Crippen LogP contribution in [0.2, 0.25) is 0 Å². The van der Waals surface area contributed by atoms with Crippen LogP contribution in [-0.2, 0) is 0 Å². The molecule has 0 amide bonds. The van der Waals surface area contributed by atoms with E-state index in [1.54, 1.807) is 0 Å². The molecule has 0 saturated carbocycles. The summed E-state index contributed by atoms with van der Waals surface area (Å²) in [6.07, 6.45) is 0. The van der Waals surface area contributed by atoms with Crippen molar-refractivity contribution in [2.45, 2.75) is 6.92 Å². The van der Waals surface area contributed by atoms with Gasteiger partial charge in [0, 0.05) is 10.2 Å². The Kier molecular flexibility index (Phi) is 3.15. The van der Waals surface area contributed by atoms with Crippen molar-refractivity contribution in [1.82, 2.24) is 0 Å². The van der Waals surface area contributed by atoms with Gasteiger partial charge in [-0.2, -0.15) is 0 Å². The molecule has 0 heterocycles. The molecule has 0 aromatic heterocycles. The number of hydrogen-bond donors (Lipinski definition) is 2. The molecule has 16 heavy (non-hydrogen) atoms. The number of nitrogens with one attached hydrogen (secondary N) is 1. The number of anilines is 3. The highest BCUT2D eigenvalue weighted by Gasteiger charge is 2.02. The molecule has 2 aromatic carbocycles. The summed E-state index contributed by atoms with van der Waals surface area (Å²) in [6.45, 7) is 2.07. The second-order valence-electron chi connectivity index (χ2n) is 3.67. The van der Waals surface area contributed by atoms with Crippen LogP contribution in [-0.4, -0.2) is 0 Å². The van der Waals surface area contributed by atoms with Crippen LogP contribution in [0.1, 0.15) is 5.56 Å². The Morgan fingerprint density at radius 3 is 2.56 bits per heavy atom. The molecule has 0 aliphatic rings. The summed E-state index contributed by atoms with van der Waals surface area (Å²) in [4.78, 5) is 0. The highest BCUT2D eigenvalue weighted by molar-refractivity contribution is 9.10. The molecule has 3 N–H and O–H groups in total. The van der Waals surface area contributed by atoms with Crippen molar-refractivity contribution in [3.05, 3.63) is 52.5 Å². The maximum absolute atomic E-state index is 5.90. The molecular weight excluding hydrogens is 264 g/mol. The molecule has 82 valence electrons. The zero-order valence-electron chi connectivity index (χ0n) is 9.00. The van der Waals surface area contributed by atoms with E-state index in [0.717, 1.165) is 21.5 Å². The van der Waals surface area contributed by atoms with Crippen LogP contribution in [0.3, 0.4) is 0 Å². The van der Waals surface area contributed by atoms with Gasteiger partial charge < -0.3 is 11.1 Å². The number of para-hydroxylation sites is 1. The van der Waals surface area contributed by atoms with E-state index < -0.39 is 0 Å². The van der Waals surface area contributed by atoms with Crippen LogP contribution in [0.25, 0.3) is 0 Å². The molecular formula is C13H13BrN2. The molecule has 0 aliphatic carbocycles. The highest BCUT2D eigenvalue weighted by atomic mass is 79.9. The van der Waals surface area contributed by atoms with E-state index in [1.165, 1.54) is 5.56 Å². The van der Waals surface area contributed by atoms with Gasteiger partial charge in [0.15, 0.2) is 0 Å². The summed E-state index contributed by atoms with van der Waals surface area (Å²) in [5.41, 5.74) is 9.84. The lowest BCUT2D eigenvalue weighted by Gasteiger charge is -2.11. The van der Waals surface area contributed by atoms with Gasteiger partial charge in [0.2, 0.25) is 0 Å². The number of aryl methyl sites for hydroxylation is 1. The van der Waals surface area contributed by atoms with Crippen molar-refractivity contribution in [2.24, 2.45) is 0 Å². The lowest BCUT2D eigenvalue weighted by atomic mass is 10.2. The van der Waals surface area contributed by atoms with Crippen LogP contribution in [0.15, 0.2) is 46.9 Å². The van der Waals surface area contributed by atoms with E-state index in [1.807, 2.05) is 36.4 Å². The van der Waals surface area contributed by atoms with Gasteiger partial charge in [-0.1, -0.05) is 34.1 Å². The summed E-state index contributed by atoms with van der Waals surface area (Å²) in [5, 5.41) is 3.33. The molecule has 2 rings (SSSR count). The van der Waals surface area contributed by atoms with Crippen LogP contribution in [0.4, 0.5) is 17.1 Å². The Balaban J connectivity index is 2.34. The third-order valence-corrected chi connectivity index (χ3v) is 2.92. The maximum Gasteiger partial charge on any atom is 0.0629 e. The third kappa shape index (κ3) is 2.36. The van der Waals surface area contributed by atoms with E-state index in [-0.39, 0.29) is 0 Å². The lowest BCUT2D eigenvalue weighted by Crippen LogP contribution is -1.97. The second kappa shape index (κ2) is 4.58.